The fourth-order valence-corrected chi connectivity index (χ4v) is 1.90. The molecule has 0 fully saturated rings. The lowest BCUT2D eigenvalue weighted by Gasteiger charge is -2.19. The van der Waals surface area contributed by atoms with E-state index in [9.17, 15) is 9.59 Å². The number of benzene rings is 1. The van der Waals surface area contributed by atoms with Crippen LogP contribution in [0, 0.1) is 5.92 Å². The highest BCUT2D eigenvalue weighted by Gasteiger charge is 2.20. The lowest BCUT2D eigenvalue weighted by atomic mass is 10.1. The van der Waals surface area contributed by atoms with Crippen molar-refractivity contribution in [3.05, 3.63) is 29.8 Å². The van der Waals surface area contributed by atoms with Gasteiger partial charge in [0.2, 0.25) is 11.8 Å². The van der Waals surface area contributed by atoms with E-state index in [-0.39, 0.29) is 28.6 Å². The summed E-state index contributed by atoms with van der Waals surface area (Å²) in [5.74, 6) is 0.0875. The molecule has 2 N–H and O–H groups in total. The average Bonchev–Trinajstić information content (AvgIpc) is 2.37. The molecule has 2 amide bonds. The third-order valence-electron chi connectivity index (χ3n) is 2.90. The summed E-state index contributed by atoms with van der Waals surface area (Å²) in [7, 11) is 0. The van der Waals surface area contributed by atoms with E-state index in [1.807, 2.05) is 45.0 Å². The van der Waals surface area contributed by atoms with Gasteiger partial charge < -0.3 is 10.6 Å². The first-order valence-electron chi connectivity index (χ1n) is 6.63. The Morgan fingerprint density at radius 3 is 2.40 bits per heavy atom. The molecule has 20 heavy (non-hydrogen) atoms. The maximum Gasteiger partial charge on any atom is 0.234 e. The van der Waals surface area contributed by atoms with Gasteiger partial charge in [-0.3, -0.25) is 9.59 Å². The van der Waals surface area contributed by atoms with Gasteiger partial charge in [-0.05, 0) is 30.5 Å². The molecule has 5 heteroatoms. The number of alkyl halides is 1. The van der Waals surface area contributed by atoms with E-state index in [0.717, 1.165) is 11.3 Å². The molecule has 110 valence electrons. The highest BCUT2D eigenvalue weighted by molar-refractivity contribution is 9.10. The minimum absolute atomic E-state index is 0.0302. The molecule has 0 heterocycles. The Morgan fingerprint density at radius 1 is 1.20 bits per heavy atom. The van der Waals surface area contributed by atoms with Crippen LogP contribution in [0.4, 0.5) is 5.69 Å². The smallest absolute Gasteiger partial charge is 0.234 e. The summed E-state index contributed by atoms with van der Waals surface area (Å²) >= 11 is 3.39. The zero-order chi connectivity index (χ0) is 15.3. The summed E-state index contributed by atoms with van der Waals surface area (Å²) in [5, 5.41) is 5.69. The van der Waals surface area contributed by atoms with E-state index in [4.69, 9.17) is 0 Å². The number of nitrogens with one attached hydrogen (secondary N) is 2. The SMILES string of the molecule is CC(=O)Nc1cccc(C(C)NC(=O)C(Br)C(C)C)c1. The Morgan fingerprint density at radius 2 is 1.85 bits per heavy atom. The van der Waals surface area contributed by atoms with Crippen LogP contribution in [0.15, 0.2) is 24.3 Å². The van der Waals surface area contributed by atoms with Gasteiger partial charge in [-0.2, -0.15) is 0 Å². The summed E-state index contributed by atoms with van der Waals surface area (Å²) in [6, 6.07) is 7.35. The Hall–Kier alpha value is -1.36. The Bertz CT molecular complexity index is 489. The molecule has 0 saturated heterocycles. The molecular weight excluding hydrogens is 320 g/mol. The van der Waals surface area contributed by atoms with E-state index in [0.29, 0.717) is 0 Å². The molecule has 0 aromatic heterocycles. The van der Waals surface area contributed by atoms with Crippen molar-refractivity contribution < 1.29 is 9.59 Å². The second kappa shape index (κ2) is 7.43. The Labute approximate surface area is 128 Å². The monoisotopic (exact) mass is 340 g/mol. The van der Waals surface area contributed by atoms with Crippen LogP contribution in [0.5, 0.6) is 0 Å². The van der Waals surface area contributed by atoms with Crippen molar-refractivity contribution in [2.75, 3.05) is 5.32 Å². The highest BCUT2D eigenvalue weighted by Crippen LogP contribution is 2.19. The maximum absolute atomic E-state index is 12.0. The third kappa shape index (κ3) is 4.96. The number of carbonyl (C=O) groups is 2. The molecular formula is C15H21BrN2O2. The zero-order valence-electron chi connectivity index (χ0n) is 12.2. The fraction of sp³-hybridized carbons (Fsp3) is 0.467. The van der Waals surface area contributed by atoms with Crippen LogP contribution in [0.2, 0.25) is 0 Å². The van der Waals surface area contributed by atoms with Crippen LogP contribution in [0.3, 0.4) is 0 Å². The van der Waals surface area contributed by atoms with Gasteiger partial charge in [0.05, 0.1) is 10.9 Å². The van der Waals surface area contributed by atoms with Crippen LogP contribution < -0.4 is 10.6 Å². The number of amides is 2. The Balaban J connectivity index is 2.74. The average molecular weight is 341 g/mol. The molecule has 0 aliphatic heterocycles. The van der Waals surface area contributed by atoms with E-state index in [2.05, 4.69) is 26.6 Å². The van der Waals surface area contributed by atoms with E-state index < -0.39 is 0 Å². The third-order valence-corrected chi connectivity index (χ3v) is 4.37. The summed E-state index contributed by atoms with van der Waals surface area (Å²) in [6.07, 6.45) is 0. The van der Waals surface area contributed by atoms with Crippen molar-refractivity contribution in [3.8, 4) is 0 Å². The summed E-state index contributed by atoms with van der Waals surface area (Å²) in [6.45, 7) is 7.36. The maximum atomic E-state index is 12.0. The fourth-order valence-electron chi connectivity index (χ4n) is 1.77. The van der Waals surface area contributed by atoms with Gasteiger partial charge in [0.25, 0.3) is 0 Å². The summed E-state index contributed by atoms with van der Waals surface area (Å²) in [4.78, 5) is 22.8. The zero-order valence-corrected chi connectivity index (χ0v) is 13.8. The number of hydrogen-bond donors (Lipinski definition) is 2. The summed E-state index contributed by atoms with van der Waals surface area (Å²) in [5.41, 5.74) is 1.68. The number of anilines is 1. The number of hydrogen-bond acceptors (Lipinski definition) is 2. The molecule has 0 aliphatic rings. The number of halogens is 1. The number of carbonyl (C=O) groups excluding carboxylic acids is 2. The highest BCUT2D eigenvalue weighted by atomic mass is 79.9. The van der Waals surface area contributed by atoms with Crippen LogP contribution in [0.25, 0.3) is 0 Å². The minimum atomic E-state index is -0.205. The minimum Gasteiger partial charge on any atom is -0.349 e. The van der Waals surface area contributed by atoms with Gasteiger partial charge in [-0.15, -0.1) is 0 Å². The van der Waals surface area contributed by atoms with E-state index >= 15 is 0 Å². The predicted octanol–water partition coefficient (Wildman–Crippen LogP) is 3.24. The molecule has 0 spiro atoms. The molecule has 0 aliphatic carbocycles. The second-order valence-electron chi connectivity index (χ2n) is 5.18. The topological polar surface area (TPSA) is 58.2 Å². The lowest BCUT2D eigenvalue weighted by molar-refractivity contribution is -0.121. The molecule has 1 rings (SSSR count). The van der Waals surface area contributed by atoms with Gasteiger partial charge >= 0.3 is 0 Å². The van der Waals surface area contributed by atoms with Crippen molar-refractivity contribution >= 4 is 33.4 Å². The normalized spacial score (nSPS) is 13.7. The van der Waals surface area contributed by atoms with Gasteiger partial charge in [0.15, 0.2) is 0 Å². The number of rotatable bonds is 5. The van der Waals surface area contributed by atoms with E-state index in [1.165, 1.54) is 6.92 Å². The van der Waals surface area contributed by atoms with Crippen LogP contribution in [-0.4, -0.2) is 16.6 Å². The first-order chi connectivity index (χ1) is 9.31. The molecule has 2 unspecified atom stereocenters. The first-order valence-corrected chi connectivity index (χ1v) is 7.54. The molecule has 1 aromatic carbocycles. The largest absolute Gasteiger partial charge is 0.349 e. The van der Waals surface area contributed by atoms with Crippen molar-refractivity contribution in [2.24, 2.45) is 5.92 Å². The molecule has 2 atom stereocenters. The van der Waals surface area contributed by atoms with Crippen molar-refractivity contribution in [3.63, 3.8) is 0 Å². The van der Waals surface area contributed by atoms with Gasteiger partial charge in [0.1, 0.15) is 0 Å². The molecule has 0 radical (unpaired) electrons. The van der Waals surface area contributed by atoms with Gasteiger partial charge in [0, 0.05) is 12.6 Å². The molecule has 0 saturated carbocycles. The molecule has 4 nitrogen and oxygen atoms in total. The van der Waals surface area contributed by atoms with Gasteiger partial charge in [-0.1, -0.05) is 41.9 Å². The quantitative estimate of drug-likeness (QED) is 0.808. The molecule has 1 aromatic rings. The summed E-state index contributed by atoms with van der Waals surface area (Å²) < 4.78 is 0. The second-order valence-corrected chi connectivity index (χ2v) is 6.17. The van der Waals surface area contributed by atoms with Crippen LogP contribution >= 0.6 is 15.9 Å². The van der Waals surface area contributed by atoms with Crippen molar-refractivity contribution in [2.45, 2.75) is 38.6 Å². The van der Waals surface area contributed by atoms with Crippen LogP contribution in [-0.2, 0) is 9.59 Å². The molecule has 0 bridgehead atoms. The standard InChI is InChI=1S/C15H21BrN2O2/c1-9(2)14(16)15(20)17-10(3)12-6-5-7-13(8-12)18-11(4)19/h5-10,14H,1-4H3,(H,17,20)(H,18,19). The van der Waals surface area contributed by atoms with Gasteiger partial charge in [-0.25, -0.2) is 0 Å². The van der Waals surface area contributed by atoms with E-state index in [1.54, 1.807) is 0 Å². The van der Waals surface area contributed by atoms with Crippen molar-refractivity contribution in [1.82, 2.24) is 5.32 Å². The predicted molar refractivity (Wildman–Crippen MR) is 84.9 cm³/mol. The van der Waals surface area contributed by atoms with Crippen LogP contribution in [0.1, 0.15) is 39.3 Å². The Kier molecular flexibility index (Phi) is 6.20. The lowest BCUT2D eigenvalue weighted by Crippen LogP contribution is -2.35. The van der Waals surface area contributed by atoms with Crippen molar-refractivity contribution in [1.29, 1.82) is 0 Å². The first kappa shape index (κ1) is 16.7.